The lowest BCUT2D eigenvalue weighted by molar-refractivity contribution is 0.0261. The van der Waals surface area contributed by atoms with Crippen LogP contribution in [0.3, 0.4) is 0 Å². The average molecular weight is 177 g/mol. The third-order valence-corrected chi connectivity index (χ3v) is 2.75. The summed E-state index contributed by atoms with van der Waals surface area (Å²) in [5.74, 6) is 0. The predicted molar refractivity (Wildman–Crippen MR) is 47.8 cm³/mol. The van der Waals surface area contributed by atoms with Crippen LogP contribution in [0.4, 0.5) is 0 Å². The molecule has 3 rings (SSSR count). The van der Waals surface area contributed by atoms with E-state index < -0.39 is 0 Å². The van der Waals surface area contributed by atoms with Gasteiger partial charge in [0.2, 0.25) is 0 Å². The Labute approximate surface area is 76.2 Å². The van der Waals surface area contributed by atoms with Crippen LogP contribution in [0.1, 0.15) is 12.1 Å². The number of fused-ring (bicyclic) bond motifs is 2. The molecular weight excluding hydrogens is 166 g/mol. The summed E-state index contributed by atoms with van der Waals surface area (Å²) in [4.78, 5) is 0. The summed E-state index contributed by atoms with van der Waals surface area (Å²) in [6.07, 6.45) is 6.41. The highest BCUT2D eigenvalue weighted by atomic mass is 16.5. The van der Waals surface area contributed by atoms with Crippen LogP contribution in [0.5, 0.6) is 0 Å². The Hall–Kier alpha value is -1.29. The van der Waals surface area contributed by atoms with Crippen molar-refractivity contribution >= 4 is 6.20 Å². The first-order chi connectivity index (χ1) is 6.41. The number of nitrogens with zero attached hydrogens (tertiary/aromatic N) is 2. The van der Waals surface area contributed by atoms with Crippen LogP contribution in [0, 0.1) is 0 Å². The molecule has 0 radical (unpaired) electrons. The maximum absolute atomic E-state index is 5.71. The summed E-state index contributed by atoms with van der Waals surface area (Å²) < 4.78 is 7.59. The van der Waals surface area contributed by atoms with Crippen molar-refractivity contribution in [2.24, 2.45) is 0 Å². The highest BCUT2D eigenvalue weighted by Crippen LogP contribution is 2.34. The number of hydrogen-bond acceptors (Lipinski definition) is 3. The molecule has 0 amide bonds. The fourth-order valence-electron chi connectivity index (χ4n) is 2.06. The second-order valence-corrected chi connectivity index (χ2v) is 3.49. The lowest BCUT2D eigenvalue weighted by atomic mass is 9.98. The SMILES string of the molecule is C1=Cn2nccc2C2(CCNC2)O1. The van der Waals surface area contributed by atoms with E-state index in [2.05, 4.69) is 10.4 Å². The first-order valence-electron chi connectivity index (χ1n) is 4.50. The van der Waals surface area contributed by atoms with Crippen LogP contribution >= 0.6 is 0 Å². The molecule has 13 heavy (non-hydrogen) atoms. The first kappa shape index (κ1) is 7.15. The molecule has 1 spiro atoms. The van der Waals surface area contributed by atoms with Gasteiger partial charge < -0.3 is 10.1 Å². The second kappa shape index (κ2) is 2.35. The maximum atomic E-state index is 5.71. The third kappa shape index (κ3) is 0.862. The zero-order chi connectivity index (χ0) is 8.73. The van der Waals surface area contributed by atoms with Gasteiger partial charge in [-0.15, -0.1) is 0 Å². The Bertz CT molecular complexity index is 349. The van der Waals surface area contributed by atoms with Gasteiger partial charge in [0.15, 0.2) is 5.60 Å². The van der Waals surface area contributed by atoms with E-state index in [0.717, 1.165) is 25.2 Å². The van der Waals surface area contributed by atoms with Crippen LogP contribution in [0.2, 0.25) is 0 Å². The molecule has 1 N–H and O–H groups in total. The molecule has 0 saturated carbocycles. The fraction of sp³-hybridized carbons (Fsp3) is 0.444. The molecule has 1 aromatic heterocycles. The molecule has 3 heterocycles. The van der Waals surface area contributed by atoms with E-state index in [9.17, 15) is 0 Å². The van der Waals surface area contributed by atoms with Crippen LogP contribution in [-0.4, -0.2) is 22.9 Å². The van der Waals surface area contributed by atoms with Crippen molar-refractivity contribution in [2.45, 2.75) is 12.0 Å². The second-order valence-electron chi connectivity index (χ2n) is 3.49. The molecule has 0 bridgehead atoms. The Kier molecular flexibility index (Phi) is 1.29. The van der Waals surface area contributed by atoms with Gasteiger partial charge >= 0.3 is 0 Å². The minimum Gasteiger partial charge on any atom is -0.486 e. The van der Waals surface area contributed by atoms with E-state index in [-0.39, 0.29) is 5.60 Å². The third-order valence-electron chi connectivity index (χ3n) is 2.75. The molecule has 4 heteroatoms. The Morgan fingerprint density at radius 1 is 1.62 bits per heavy atom. The lowest BCUT2D eigenvalue weighted by Gasteiger charge is -2.30. The van der Waals surface area contributed by atoms with E-state index >= 15 is 0 Å². The van der Waals surface area contributed by atoms with Crippen LogP contribution < -0.4 is 5.32 Å². The molecule has 68 valence electrons. The van der Waals surface area contributed by atoms with Crippen molar-refractivity contribution in [3.63, 3.8) is 0 Å². The minimum atomic E-state index is -0.161. The van der Waals surface area contributed by atoms with Crippen molar-refractivity contribution < 1.29 is 4.74 Å². The summed E-state index contributed by atoms with van der Waals surface area (Å²) in [6.45, 7) is 1.89. The molecule has 0 aliphatic carbocycles. The highest BCUT2D eigenvalue weighted by Gasteiger charge is 2.41. The van der Waals surface area contributed by atoms with Crippen LogP contribution in [0.25, 0.3) is 6.20 Å². The fourth-order valence-corrected chi connectivity index (χ4v) is 2.06. The van der Waals surface area contributed by atoms with Gasteiger partial charge in [-0.25, -0.2) is 4.68 Å². The smallest absolute Gasteiger partial charge is 0.163 e. The summed E-state index contributed by atoms with van der Waals surface area (Å²) in [7, 11) is 0. The van der Waals surface area contributed by atoms with Gasteiger partial charge in [-0.3, -0.25) is 0 Å². The Morgan fingerprint density at radius 3 is 3.46 bits per heavy atom. The zero-order valence-corrected chi connectivity index (χ0v) is 7.23. The standard InChI is InChI=1S/C9H11N3O/c1-3-11-12-5-6-13-9(8(1)12)2-4-10-7-9/h1,3,5-6,10H,2,4,7H2. The number of ether oxygens (including phenoxy) is 1. The maximum Gasteiger partial charge on any atom is 0.163 e. The van der Waals surface area contributed by atoms with E-state index in [1.54, 1.807) is 6.26 Å². The number of rotatable bonds is 0. The molecule has 1 unspecified atom stereocenters. The van der Waals surface area contributed by atoms with Gasteiger partial charge in [0, 0.05) is 19.2 Å². The molecule has 2 aliphatic heterocycles. The van der Waals surface area contributed by atoms with Gasteiger partial charge in [-0.2, -0.15) is 5.10 Å². The molecule has 4 nitrogen and oxygen atoms in total. The van der Waals surface area contributed by atoms with Crippen LogP contribution in [0.15, 0.2) is 18.5 Å². The molecule has 1 fully saturated rings. The minimum absolute atomic E-state index is 0.161. The summed E-state index contributed by atoms with van der Waals surface area (Å²) in [5, 5.41) is 7.51. The summed E-state index contributed by atoms with van der Waals surface area (Å²) in [5.41, 5.74) is 0.991. The predicted octanol–water partition coefficient (Wildman–Crippen LogP) is 0.530. The average Bonchev–Trinajstić information content (AvgIpc) is 2.74. The van der Waals surface area contributed by atoms with Gasteiger partial charge in [0.25, 0.3) is 0 Å². The number of aromatic nitrogens is 2. The van der Waals surface area contributed by atoms with Gasteiger partial charge in [0.1, 0.15) is 6.26 Å². The van der Waals surface area contributed by atoms with E-state index in [1.807, 2.05) is 23.1 Å². The van der Waals surface area contributed by atoms with Crippen molar-refractivity contribution in [1.29, 1.82) is 0 Å². The molecule has 0 aromatic carbocycles. The number of hydrogen-bond donors (Lipinski definition) is 1. The molecular formula is C9H11N3O. The van der Waals surface area contributed by atoms with Crippen molar-refractivity contribution in [2.75, 3.05) is 13.1 Å². The normalized spacial score (nSPS) is 30.5. The monoisotopic (exact) mass is 177 g/mol. The Morgan fingerprint density at radius 2 is 2.62 bits per heavy atom. The summed E-state index contributed by atoms with van der Waals surface area (Å²) >= 11 is 0. The van der Waals surface area contributed by atoms with E-state index in [0.29, 0.717) is 0 Å². The topological polar surface area (TPSA) is 39.1 Å². The molecule has 1 atom stereocenters. The molecule has 2 aliphatic rings. The van der Waals surface area contributed by atoms with Gasteiger partial charge in [0.05, 0.1) is 11.9 Å². The van der Waals surface area contributed by atoms with Crippen molar-refractivity contribution in [1.82, 2.24) is 15.1 Å². The van der Waals surface area contributed by atoms with E-state index in [1.165, 1.54) is 0 Å². The van der Waals surface area contributed by atoms with Crippen molar-refractivity contribution in [3.8, 4) is 0 Å². The van der Waals surface area contributed by atoms with Gasteiger partial charge in [-0.1, -0.05) is 0 Å². The van der Waals surface area contributed by atoms with Gasteiger partial charge in [-0.05, 0) is 12.6 Å². The summed E-state index contributed by atoms with van der Waals surface area (Å²) in [6, 6.07) is 2.02. The molecule has 1 saturated heterocycles. The van der Waals surface area contributed by atoms with Crippen molar-refractivity contribution in [3.05, 3.63) is 24.2 Å². The quantitative estimate of drug-likeness (QED) is 0.628. The Balaban J connectivity index is 2.13. The number of nitrogens with one attached hydrogen (secondary N) is 1. The largest absolute Gasteiger partial charge is 0.486 e. The highest BCUT2D eigenvalue weighted by molar-refractivity contribution is 5.31. The first-order valence-corrected chi connectivity index (χ1v) is 4.50. The van der Waals surface area contributed by atoms with E-state index in [4.69, 9.17) is 4.74 Å². The molecule has 1 aromatic rings. The zero-order valence-electron chi connectivity index (χ0n) is 7.23. The lowest BCUT2D eigenvalue weighted by Crippen LogP contribution is -2.34. The van der Waals surface area contributed by atoms with Crippen LogP contribution in [-0.2, 0) is 10.3 Å².